The number of hydrogen-bond acceptors (Lipinski definition) is 3. The van der Waals surface area contributed by atoms with Crippen LogP contribution in [0.15, 0.2) is 18.2 Å². The summed E-state index contributed by atoms with van der Waals surface area (Å²) < 4.78 is 0. The lowest BCUT2D eigenvalue weighted by molar-refractivity contribution is 0.0937. The molecule has 2 atom stereocenters. The molecule has 0 aliphatic carbocycles. The third-order valence-electron chi connectivity index (χ3n) is 2.57. The monoisotopic (exact) mass is 271 g/mol. The van der Waals surface area contributed by atoms with E-state index >= 15 is 0 Å². The first-order valence-electron chi connectivity index (χ1n) is 5.85. The zero-order valence-electron chi connectivity index (χ0n) is 10.5. The van der Waals surface area contributed by atoms with Gasteiger partial charge in [0.2, 0.25) is 0 Å². The summed E-state index contributed by atoms with van der Waals surface area (Å²) in [7, 11) is 0. The number of aromatic hydroxyl groups is 1. The molecule has 100 valence electrons. The quantitative estimate of drug-likeness (QED) is 0.769. The van der Waals surface area contributed by atoms with Gasteiger partial charge in [0.15, 0.2) is 0 Å². The number of aliphatic hydroxyl groups is 1. The van der Waals surface area contributed by atoms with Gasteiger partial charge in [-0.05, 0) is 31.4 Å². The first-order valence-corrected chi connectivity index (χ1v) is 6.23. The van der Waals surface area contributed by atoms with Gasteiger partial charge in [0.25, 0.3) is 5.91 Å². The van der Waals surface area contributed by atoms with Crippen LogP contribution in [0.2, 0.25) is 5.02 Å². The van der Waals surface area contributed by atoms with Crippen molar-refractivity contribution >= 4 is 17.5 Å². The van der Waals surface area contributed by atoms with Crippen molar-refractivity contribution in [3.63, 3.8) is 0 Å². The lowest BCUT2D eigenvalue weighted by Crippen LogP contribution is -2.29. The number of benzene rings is 1. The van der Waals surface area contributed by atoms with E-state index in [2.05, 4.69) is 5.32 Å². The Kier molecular flexibility index (Phi) is 5.44. The largest absolute Gasteiger partial charge is 0.507 e. The number of phenolic OH excluding ortho intramolecular Hbond substituents is 1. The number of carbonyl (C=O) groups excluding carboxylic acids is 1. The Hall–Kier alpha value is -1.26. The van der Waals surface area contributed by atoms with Crippen LogP contribution < -0.4 is 5.32 Å². The Balaban J connectivity index is 2.61. The van der Waals surface area contributed by atoms with Gasteiger partial charge in [-0.1, -0.05) is 24.6 Å². The molecule has 1 aromatic rings. The minimum atomic E-state index is -0.407. The second-order valence-electron chi connectivity index (χ2n) is 4.53. The van der Waals surface area contributed by atoms with E-state index in [1.165, 1.54) is 6.07 Å². The molecule has 0 spiro atoms. The fourth-order valence-corrected chi connectivity index (χ4v) is 2.01. The maximum Gasteiger partial charge on any atom is 0.256 e. The molecule has 1 rings (SSSR count). The predicted molar refractivity (Wildman–Crippen MR) is 70.9 cm³/mol. The molecule has 1 aromatic carbocycles. The van der Waals surface area contributed by atoms with Gasteiger partial charge in [-0.25, -0.2) is 0 Å². The van der Waals surface area contributed by atoms with E-state index < -0.39 is 12.0 Å². The summed E-state index contributed by atoms with van der Waals surface area (Å²) >= 11 is 5.86. The van der Waals surface area contributed by atoms with E-state index in [-0.39, 0.29) is 22.3 Å². The van der Waals surface area contributed by atoms with Crippen molar-refractivity contribution in [2.24, 2.45) is 5.92 Å². The van der Waals surface area contributed by atoms with E-state index in [4.69, 9.17) is 11.6 Å². The highest BCUT2D eigenvalue weighted by molar-refractivity contribution is 6.34. The zero-order chi connectivity index (χ0) is 13.7. The van der Waals surface area contributed by atoms with Crippen LogP contribution in [-0.2, 0) is 0 Å². The Bertz CT molecular complexity index is 400. The molecule has 0 heterocycles. The van der Waals surface area contributed by atoms with Crippen molar-refractivity contribution in [1.29, 1.82) is 0 Å². The van der Waals surface area contributed by atoms with Gasteiger partial charge in [0, 0.05) is 6.54 Å². The molecule has 0 fully saturated rings. The van der Waals surface area contributed by atoms with Crippen LogP contribution in [-0.4, -0.2) is 28.8 Å². The summed E-state index contributed by atoms with van der Waals surface area (Å²) in [6, 6.07) is 4.54. The number of nitrogens with one attached hydrogen (secondary N) is 1. The van der Waals surface area contributed by atoms with Crippen LogP contribution in [0.3, 0.4) is 0 Å². The molecule has 18 heavy (non-hydrogen) atoms. The highest BCUT2D eigenvalue weighted by atomic mass is 35.5. The maximum atomic E-state index is 11.9. The Morgan fingerprint density at radius 1 is 1.44 bits per heavy atom. The van der Waals surface area contributed by atoms with Gasteiger partial charge >= 0.3 is 0 Å². The summed E-state index contributed by atoms with van der Waals surface area (Å²) in [5.74, 6) is -0.391. The number of halogens is 1. The molecule has 0 aliphatic heterocycles. The minimum absolute atomic E-state index is 0.0865. The fourth-order valence-electron chi connectivity index (χ4n) is 1.76. The van der Waals surface area contributed by atoms with E-state index in [0.29, 0.717) is 13.0 Å². The summed E-state index contributed by atoms with van der Waals surface area (Å²) in [5, 5.41) is 21.7. The molecule has 5 heteroatoms. The van der Waals surface area contributed by atoms with Gasteiger partial charge in [0.05, 0.1) is 16.7 Å². The first-order chi connectivity index (χ1) is 8.41. The van der Waals surface area contributed by atoms with E-state index in [0.717, 1.165) is 0 Å². The Morgan fingerprint density at radius 3 is 2.67 bits per heavy atom. The molecule has 0 bridgehead atoms. The van der Waals surface area contributed by atoms with E-state index in [9.17, 15) is 15.0 Å². The molecular formula is C13H18ClNO3. The third-order valence-corrected chi connectivity index (χ3v) is 2.89. The third kappa shape index (κ3) is 4.20. The predicted octanol–water partition coefficient (Wildman–Crippen LogP) is 2.18. The summed E-state index contributed by atoms with van der Waals surface area (Å²) in [4.78, 5) is 11.9. The van der Waals surface area contributed by atoms with Crippen molar-refractivity contribution < 1.29 is 15.0 Å². The number of hydrogen-bond donors (Lipinski definition) is 3. The minimum Gasteiger partial charge on any atom is -0.507 e. The smallest absolute Gasteiger partial charge is 0.256 e. The van der Waals surface area contributed by atoms with Crippen molar-refractivity contribution in [2.45, 2.75) is 26.4 Å². The van der Waals surface area contributed by atoms with Crippen LogP contribution in [0.25, 0.3) is 0 Å². The molecule has 0 aliphatic rings. The highest BCUT2D eigenvalue weighted by Crippen LogP contribution is 2.24. The molecule has 3 N–H and O–H groups in total. The first kappa shape index (κ1) is 14.8. The SMILES string of the molecule is C[C@H](CNC(=O)c1c(O)cccc1Cl)C[C@@H](C)O. The van der Waals surface area contributed by atoms with Gasteiger partial charge < -0.3 is 15.5 Å². The number of aliphatic hydroxyl groups excluding tert-OH is 1. The normalized spacial score (nSPS) is 14.0. The van der Waals surface area contributed by atoms with Crippen LogP contribution in [0.1, 0.15) is 30.6 Å². The topological polar surface area (TPSA) is 69.6 Å². The fraction of sp³-hybridized carbons (Fsp3) is 0.462. The lowest BCUT2D eigenvalue weighted by Gasteiger charge is -2.15. The second kappa shape index (κ2) is 6.61. The van der Waals surface area contributed by atoms with E-state index in [1.54, 1.807) is 19.1 Å². The van der Waals surface area contributed by atoms with Gasteiger partial charge in [-0.3, -0.25) is 4.79 Å². The average Bonchev–Trinajstić information content (AvgIpc) is 2.25. The van der Waals surface area contributed by atoms with Crippen molar-refractivity contribution in [3.05, 3.63) is 28.8 Å². The number of carbonyl (C=O) groups is 1. The standard InChI is InChI=1S/C13H18ClNO3/c1-8(6-9(2)16)7-15-13(18)12-10(14)4-3-5-11(12)17/h3-5,8-9,16-17H,6-7H2,1-2H3,(H,15,18)/t8-,9+/m0/s1. The molecule has 0 unspecified atom stereocenters. The van der Waals surface area contributed by atoms with Crippen molar-refractivity contribution in [2.75, 3.05) is 6.54 Å². The number of rotatable bonds is 5. The molecule has 4 nitrogen and oxygen atoms in total. The van der Waals surface area contributed by atoms with Gasteiger partial charge in [-0.2, -0.15) is 0 Å². The number of phenols is 1. The average molecular weight is 272 g/mol. The zero-order valence-corrected chi connectivity index (χ0v) is 11.2. The molecule has 0 saturated heterocycles. The summed E-state index contributed by atoms with van der Waals surface area (Å²) in [6.07, 6.45) is 0.208. The Labute approximate surface area is 112 Å². The molecule has 0 saturated carbocycles. The van der Waals surface area contributed by atoms with Gasteiger partial charge in [0.1, 0.15) is 5.75 Å². The molecular weight excluding hydrogens is 254 g/mol. The van der Waals surface area contributed by atoms with E-state index in [1.807, 2.05) is 6.92 Å². The second-order valence-corrected chi connectivity index (χ2v) is 4.94. The number of amides is 1. The summed E-state index contributed by atoms with van der Waals surface area (Å²) in [5.41, 5.74) is 0.0865. The maximum absolute atomic E-state index is 11.9. The van der Waals surface area contributed by atoms with Crippen LogP contribution in [0.5, 0.6) is 5.75 Å². The van der Waals surface area contributed by atoms with Crippen LogP contribution in [0.4, 0.5) is 0 Å². The molecule has 0 aromatic heterocycles. The lowest BCUT2D eigenvalue weighted by atomic mass is 10.0. The Morgan fingerprint density at radius 2 is 2.11 bits per heavy atom. The highest BCUT2D eigenvalue weighted by Gasteiger charge is 2.16. The summed E-state index contributed by atoms with van der Waals surface area (Å²) in [6.45, 7) is 4.06. The van der Waals surface area contributed by atoms with Crippen LogP contribution >= 0.6 is 11.6 Å². The molecule has 0 radical (unpaired) electrons. The molecule has 1 amide bonds. The van der Waals surface area contributed by atoms with Crippen molar-refractivity contribution in [1.82, 2.24) is 5.32 Å². The van der Waals surface area contributed by atoms with Gasteiger partial charge in [-0.15, -0.1) is 0 Å². The van der Waals surface area contributed by atoms with Crippen molar-refractivity contribution in [3.8, 4) is 5.75 Å². The van der Waals surface area contributed by atoms with Crippen LogP contribution in [0, 0.1) is 5.92 Å².